The first-order chi connectivity index (χ1) is 5.88. The highest BCUT2D eigenvalue weighted by atomic mass is 16.5. The summed E-state index contributed by atoms with van der Waals surface area (Å²) >= 11 is 0. The molecule has 0 amide bonds. The number of nitrogens with one attached hydrogen (secondary N) is 1. The van der Waals surface area contributed by atoms with Crippen molar-refractivity contribution in [1.29, 1.82) is 0 Å². The Morgan fingerprint density at radius 2 is 2.25 bits per heavy atom. The Bertz CT molecular complexity index is 123. The molecule has 70 valence electrons. The third-order valence-electron chi connectivity index (χ3n) is 3.09. The largest absolute Gasteiger partial charge is 0.380 e. The molecule has 0 aromatic rings. The van der Waals surface area contributed by atoms with E-state index in [4.69, 9.17) is 4.74 Å². The first kappa shape index (κ1) is 8.48. The smallest absolute Gasteiger partial charge is 0.0622 e. The predicted octanol–water partition coefficient (Wildman–Crippen LogP) is 0.0690. The summed E-state index contributed by atoms with van der Waals surface area (Å²) in [6.07, 6.45) is 2.51. The molecule has 2 aliphatic rings. The average molecular weight is 170 g/mol. The number of hydrogen-bond donors (Lipinski definition) is 1. The molecule has 12 heavy (non-hydrogen) atoms. The molecule has 3 nitrogen and oxygen atoms in total. The molecule has 2 aliphatic heterocycles. The lowest BCUT2D eigenvalue weighted by Gasteiger charge is -2.28. The lowest BCUT2D eigenvalue weighted by atomic mass is 10.1. The Morgan fingerprint density at radius 1 is 1.33 bits per heavy atom. The third-order valence-corrected chi connectivity index (χ3v) is 3.09. The van der Waals surface area contributed by atoms with Crippen LogP contribution in [0.5, 0.6) is 0 Å². The molecule has 2 rings (SSSR count). The fourth-order valence-electron chi connectivity index (χ4n) is 2.13. The Balaban J connectivity index is 1.84. The molecular formula is C9H18N2O. The van der Waals surface area contributed by atoms with Crippen LogP contribution in [0.2, 0.25) is 0 Å². The van der Waals surface area contributed by atoms with Gasteiger partial charge in [-0.1, -0.05) is 0 Å². The second kappa shape index (κ2) is 3.73. The summed E-state index contributed by atoms with van der Waals surface area (Å²) in [7, 11) is 2.23. The predicted molar refractivity (Wildman–Crippen MR) is 48.3 cm³/mol. The molecule has 2 heterocycles. The number of hydrogen-bond acceptors (Lipinski definition) is 3. The van der Waals surface area contributed by atoms with Crippen LogP contribution in [0.15, 0.2) is 0 Å². The van der Waals surface area contributed by atoms with Crippen molar-refractivity contribution < 1.29 is 4.74 Å². The number of rotatable bonds is 2. The van der Waals surface area contributed by atoms with Gasteiger partial charge in [0.1, 0.15) is 0 Å². The standard InChI is InChI=1S/C9H18N2O/c1-11(8-2-4-10-6-8)9-3-5-12-7-9/h8-10H,2-7H2,1H3. The van der Waals surface area contributed by atoms with Crippen molar-refractivity contribution in [3.63, 3.8) is 0 Å². The van der Waals surface area contributed by atoms with Gasteiger partial charge in [0.15, 0.2) is 0 Å². The zero-order chi connectivity index (χ0) is 8.39. The minimum atomic E-state index is 0.676. The van der Waals surface area contributed by atoms with Crippen LogP contribution in [-0.4, -0.2) is 50.3 Å². The van der Waals surface area contributed by atoms with Crippen LogP contribution in [-0.2, 0) is 4.74 Å². The first-order valence-corrected chi connectivity index (χ1v) is 4.88. The first-order valence-electron chi connectivity index (χ1n) is 4.88. The summed E-state index contributed by atoms with van der Waals surface area (Å²) in [5, 5.41) is 3.39. The third kappa shape index (κ3) is 1.63. The summed E-state index contributed by atoms with van der Waals surface area (Å²) in [5.74, 6) is 0. The van der Waals surface area contributed by atoms with Crippen molar-refractivity contribution >= 4 is 0 Å². The lowest BCUT2D eigenvalue weighted by Crippen LogP contribution is -2.41. The lowest BCUT2D eigenvalue weighted by molar-refractivity contribution is 0.138. The molecular weight excluding hydrogens is 152 g/mol. The van der Waals surface area contributed by atoms with Crippen molar-refractivity contribution in [2.45, 2.75) is 24.9 Å². The van der Waals surface area contributed by atoms with Crippen LogP contribution in [0.1, 0.15) is 12.8 Å². The second-order valence-electron chi connectivity index (χ2n) is 3.83. The van der Waals surface area contributed by atoms with E-state index in [-0.39, 0.29) is 0 Å². The summed E-state index contributed by atoms with van der Waals surface area (Å²) in [6.45, 7) is 4.23. The van der Waals surface area contributed by atoms with E-state index in [1.54, 1.807) is 0 Å². The quantitative estimate of drug-likeness (QED) is 0.634. The number of nitrogens with zero attached hydrogens (tertiary/aromatic N) is 1. The topological polar surface area (TPSA) is 24.5 Å². The van der Waals surface area contributed by atoms with Crippen LogP contribution in [0.25, 0.3) is 0 Å². The molecule has 0 aromatic heterocycles. The molecule has 2 unspecified atom stereocenters. The second-order valence-corrected chi connectivity index (χ2v) is 3.83. The van der Waals surface area contributed by atoms with Crippen LogP contribution in [0.3, 0.4) is 0 Å². The monoisotopic (exact) mass is 170 g/mol. The Hall–Kier alpha value is -0.120. The summed E-state index contributed by atoms with van der Waals surface area (Å²) in [4.78, 5) is 2.49. The van der Waals surface area contributed by atoms with Gasteiger partial charge in [-0.15, -0.1) is 0 Å². The zero-order valence-electron chi connectivity index (χ0n) is 7.75. The van der Waals surface area contributed by atoms with Crippen molar-refractivity contribution in [3.8, 4) is 0 Å². The number of ether oxygens (including phenoxy) is 1. The number of likely N-dealkylation sites (N-methyl/N-ethyl adjacent to an activating group) is 1. The highest BCUT2D eigenvalue weighted by Crippen LogP contribution is 2.16. The van der Waals surface area contributed by atoms with E-state index >= 15 is 0 Å². The Morgan fingerprint density at radius 3 is 2.83 bits per heavy atom. The van der Waals surface area contributed by atoms with Crippen LogP contribution < -0.4 is 5.32 Å². The zero-order valence-corrected chi connectivity index (χ0v) is 7.75. The van der Waals surface area contributed by atoms with Crippen LogP contribution in [0, 0.1) is 0 Å². The van der Waals surface area contributed by atoms with Gasteiger partial charge in [-0.2, -0.15) is 0 Å². The van der Waals surface area contributed by atoms with Gasteiger partial charge in [0.25, 0.3) is 0 Å². The SMILES string of the molecule is CN(C1CCNC1)C1CCOC1. The van der Waals surface area contributed by atoms with E-state index in [0.29, 0.717) is 6.04 Å². The maximum absolute atomic E-state index is 5.38. The van der Waals surface area contributed by atoms with E-state index in [1.165, 1.54) is 19.4 Å². The van der Waals surface area contributed by atoms with Crippen molar-refractivity contribution in [2.24, 2.45) is 0 Å². The molecule has 1 N–H and O–H groups in total. The molecule has 2 atom stereocenters. The molecule has 0 spiro atoms. The van der Waals surface area contributed by atoms with Gasteiger partial charge in [-0.25, -0.2) is 0 Å². The van der Waals surface area contributed by atoms with Crippen molar-refractivity contribution in [1.82, 2.24) is 10.2 Å². The molecule has 0 aliphatic carbocycles. The molecule has 2 saturated heterocycles. The Labute approximate surface area is 74.1 Å². The molecule has 0 aromatic carbocycles. The average Bonchev–Trinajstić information content (AvgIpc) is 2.77. The van der Waals surface area contributed by atoms with Gasteiger partial charge in [0.2, 0.25) is 0 Å². The molecule has 0 radical (unpaired) electrons. The van der Waals surface area contributed by atoms with Gasteiger partial charge >= 0.3 is 0 Å². The summed E-state index contributed by atoms with van der Waals surface area (Å²) in [5.41, 5.74) is 0. The van der Waals surface area contributed by atoms with E-state index in [2.05, 4.69) is 17.3 Å². The van der Waals surface area contributed by atoms with Gasteiger partial charge in [0.05, 0.1) is 6.61 Å². The maximum Gasteiger partial charge on any atom is 0.0622 e. The fourth-order valence-corrected chi connectivity index (χ4v) is 2.13. The molecule has 0 saturated carbocycles. The highest BCUT2D eigenvalue weighted by molar-refractivity contribution is 4.84. The summed E-state index contributed by atoms with van der Waals surface area (Å²) < 4.78 is 5.38. The highest BCUT2D eigenvalue weighted by Gasteiger charge is 2.27. The summed E-state index contributed by atoms with van der Waals surface area (Å²) in [6, 6.07) is 1.42. The normalized spacial score (nSPS) is 36.5. The van der Waals surface area contributed by atoms with E-state index in [9.17, 15) is 0 Å². The van der Waals surface area contributed by atoms with Crippen molar-refractivity contribution in [3.05, 3.63) is 0 Å². The fraction of sp³-hybridized carbons (Fsp3) is 1.00. The molecule has 0 bridgehead atoms. The van der Waals surface area contributed by atoms with E-state index in [1.807, 2.05) is 0 Å². The minimum absolute atomic E-state index is 0.676. The van der Waals surface area contributed by atoms with Gasteiger partial charge < -0.3 is 10.1 Å². The maximum atomic E-state index is 5.38. The van der Waals surface area contributed by atoms with Crippen LogP contribution in [0.4, 0.5) is 0 Å². The van der Waals surface area contributed by atoms with Crippen molar-refractivity contribution in [2.75, 3.05) is 33.4 Å². The molecule has 3 heteroatoms. The van der Waals surface area contributed by atoms with Gasteiger partial charge in [0, 0.05) is 25.2 Å². The molecule has 2 fully saturated rings. The van der Waals surface area contributed by atoms with Crippen LogP contribution >= 0.6 is 0 Å². The van der Waals surface area contributed by atoms with E-state index in [0.717, 1.165) is 25.8 Å². The van der Waals surface area contributed by atoms with Gasteiger partial charge in [-0.3, -0.25) is 4.90 Å². The van der Waals surface area contributed by atoms with E-state index < -0.39 is 0 Å². The van der Waals surface area contributed by atoms with Gasteiger partial charge in [-0.05, 0) is 26.4 Å². The minimum Gasteiger partial charge on any atom is -0.380 e. The Kier molecular flexibility index (Phi) is 2.63.